The van der Waals surface area contributed by atoms with Crippen LogP contribution in [-0.4, -0.2) is 17.6 Å². The van der Waals surface area contributed by atoms with Crippen molar-refractivity contribution in [1.29, 1.82) is 0 Å². The molecule has 1 rings (SSSR count). The van der Waals surface area contributed by atoms with Crippen molar-refractivity contribution in [3.8, 4) is 0 Å². The van der Waals surface area contributed by atoms with Crippen molar-refractivity contribution in [1.82, 2.24) is 4.57 Å². The van der Waals surface area contributed by atoms with Gasteiger partial charge in [-0.15, -0.1) is 0 Å². The molecule has 0 saturated heterocycles. The van der Waals surface area contributed by atoms with Crippen LogP contribution in [0.15, 0.2) is 23.3 Å². The average Bonchev–Trinajstić information content (AvgIpc) is 2.24. The van der Waals surface area contributed by atoms with E-state index in [-0.39, 0.29) is 17.1 Å². The van der Waals surface area contributed by atoms with Gasteiger partial charge in [-0.2, -0.15) is 0 Å². The summed E-state index contributed by atoms with van der Waals surface area (Å²) in [6.45, 7) is 1.86. The quantitative estimate of drug-likeness (QED) is 0.739. The number of pyridine rings is 1. The third-order valence-electron chi connectivity index (χ3n) is 2.19. The third-order valence-corrected chi connectivity index (χ3v) is 2.19. The van der Waals surface area contributed by atoms with E-state index in [9.17, 15) is 9.59 Å². The molecule has 0 aromatic carbocycles. The van der Waals surface area contributed by atoms with Gasteiger partial charge in [-0.05, 0) is 6.42 Å². The van der Waals surface area contributed by atoms with E-state index in [1.54, 1.807) is 4.57 Å². The van der Waals surface area contributed by atoms with Crippen molar-refractivity contribution < 1.29 is 9.53 Å². The molecule has 0 bridgehead atoms. The van der Waals surface area contributed by atoms with Gasteiger partial charge in [0.1, 0.15) is 6.04 Å². The summed E-state index contributed by atoms with van der Waals surface area (Å²) in [4.78, 5) is 22.4. The van der Waals surface area contributed by atoms with Gasteiger partial charge < -0.3 is 15.0 Å². The van der Waals surface area contributed by atoms with Crippen LogP contribution < -0.4 is 11.2 Å². The molecule has 1 heterocycles. The molecule has 0 aliphatic rings. The van der Waals surface area contributed by atoms with Crippen LogP contribution >= 0.6 is 0 Å². The topological polar surface area (TPSA) is 74.3 Å². The predicted octanol–water partition coefficient (Wildman–Crippen LogP) is 0.555. The molecule has 1 aromatic heterocycles. The number of nitrogens with two attached hydrogens (primary N) is 1. The molecule has 1 aromatic rings. The van der Waals surface area contributed by atoms with Crippen LogP contribution in [0.1, 0.15) is 19.4 Å². The van der Waals surface area contributed by atoms with Crippen molar-refractivity contribution in [2.24, 2.45) is 0 Å². The van der Waals surface area contributed by atoms with Crippen LogP contribution in [0.3, 0.4) is 0 Å². The average molecular weight is 210 g/mol. The summed E-state index contributed by atoms with van der Waals surface area (Å²) in [6.07, 6.45) is 3.56. The maximum atomic E-state index is 11.4. The molecule has 0 spiro atoms. The Morgan fingerprint density at radius 1 is 1.67 bits per heavy atom. The Labute approximate surface area is 87.5 Å². The van der Waals surface area contributed by atoms with Gasteiger partial charge in [0.15, 0.2) is 0 Å². The lowest BCUT2D eigenvalue weighted by atomic mass is 10.2. The summed E-state index contributed by atoms with van der Waals surface area (Å²) in [6, 6.07) is 0.902. The number of carbonyl (C=O) groups is 1. The van der Waals surface area contributed by atoms with Crippen molar-refractivity contribution in [2.75, 3.05) is 12.8 Å². The molecular weight excluding hydrogens is 196 g/mol. The number of hydrogen-bond acceptors (Lipinski definition) is 4. The molecule has 15 heavy (non-hydrogen) atoms. The van der Waals surface area contributed by atoms with Gasteiger partial charge in [0.25, 0.3) is 0 Å². The number of methoxy groups -OCH3 is 1. The highest BCUT2D eigenvalue weighted by Crippen LogP contribution is 2.12. The Morgan fingerprint density at radius 3 is 2.80 bits per heavy atom. The molecular formula is C10H14N2O3. The number of anilines is 1. The van der Waals surface area contributed by atoms with Gasteiger partial charge in [-0.3, -0.25) is 4.79 Å². The van der Waals surface area contributed by atoms with Gasteiger partial charge in [-0.1, -0.05) is 6.92 Å². The first-order valence-electron chi connectivity index (χ1n) is 4.65. The van der Waals surface area contributed by atoms with Gasteiger partial charge in [-0.25, -0.2) is 4.79 Å². The zero-order valence-corrected chi connectivity index (χ0v) is 8.77. The van der Waals surface area contributed by atoms with Gasteiger partial charge in [0.05, 0.1) is 12.8 Å². The first-order chi connectivity index (χ1) is 7.10. The molecule has 0 fully saturated rings. The van der Waals surface area contributed by atoms with E-state index in [0.29, 0.717) is 6.42 Å². The number of carbonyl (C=O) groups excluding carboxylic acids is 1. The Balaban J connectivity index is 3.08. The lowest BCUT2D eigenvalue weighted by Gasteiger charge is -2.16. The molecule has 0 aliphatic heterocycles. The van der Waals surface area contributed by atoms with E-state index in [4.69, 9.17) is 5.73 Å². The first kappa shape index (κ1) is 11.3. The number of esters is 1. The Hall–Kier alpha value is -1.78. The Morgan fingerprint density at radius 2 is 2.33 bits per heavy atom. The molecule has 0 amide bonds. The zero-order valence-electron chi connectivity index (χ0n) is 8.77. The predicted molar refractivity (Wildman–Crippen MR) is 56.5 cm³/mol. The second kappa shape index (κ2) is 4.63. The largest absolute Gasteiger partial charge is 0.467 e. The number of rotatable bonds is 3. The van der Waals surface area contributed by atoms with Gasteiger partial charge >= 0.3 is 5.97 Å². The number of ether oxygens (including phenoxy) is 1. The van der Waals surface area contributed by atoms with Crippen LogP contribution in [0.5, 0.6) is 0 Å². The summed E-state index contributed by atoms with van der Waals surface area (Å²) < 4.78 is 6.23. The maximum Gasteiger partial charge on any atom is 0.328 e. The number of hydrogen-bond donors (Lipinski definition) is 1. The molecule has 0 aliphatic carbocycles. The summed E-state index contributed by atoms with van der Waals surface area (Å²) in [5.74, 6) is -0.347. The number of aromatic nitrogens is 1. The van der Waals surface area contributed by atoms with E-state index in [0.717, 1.165) is 0 Å². The number of nitrogens with zero attached hydrogens (tertiary/aromatic N) is 1. The SMILES string of the molecule is CCC(C(=O)OC)n1ccc(=O)c(N)c1. The monoisotopic (exact) mass is 210 g/mol. The maximum absolute atomic E-state index is 11.4. The fraction of sp³-hybridized carbons (Fsp3) is 0.400. The van der Waals surface area contributed by atoms with E-state index in [2.05, 4.69) is 4.74 Å². The normalized spacial score (nSPS) is 12.1. The minimum atomic E-state index is -0.433. The fourth-order valence-corrected chi connectivity index (χ4v) is 1.35. The second-order valence-electron chi connectivity index (χ2n) is 3.16. The van der Waals surface area contributed by atoms with Crippen LogP contribution in [-0.2, 0) is 9.53 Å². The lowest BCUT2D eigenvalue weighted by molar-refractivity contribution is -0.144. The van der Waals surface area contributed by atoms with Crippen LogP contribution in [0.4, 0.5) is 5.69 Å². The summed E-state index contributed by atoms with van der Waals surface area (Å²) in [7, 11) is 1.33. The van der Waals surface area contributed by atoms with Crippen LogP contribution in [0.2, 0.25) is 0 Å². The summed E-state index contributed by atoms with van der Waals surface area (Å²) >= 11 is 0. The molecule has 1 unspecified atom stereocenters. The van der Waals surface area contributed by atoms with Crippen molar-refractivity contribution in [3.05, 3.63) is 28.7 Å². The fourth-order valence-electron chi connectivity index (χ4n) is 1.35. The standard InChI is InChI=1S/C10H14N2O3/c1-3-8(10(14)15-2)12-5-4-9(13)7(11)6-12/h4-6,8H,3,11H2,1-2H3. The molecule has 82 valence electrons. The van der Waals surface area contributed by atoms with Crippen LogP contribution in [0, 0.1) is 0 Å². The smallest absolute Gasteiger partial charge is 0.328 e. The van der Waals surface area contributed by atoms with E-state index in [1.807, 2.05) is 6.92 Å². The van der Waals surface area contributed by atoms with Crippen molar-refractivity contribution >= 4 is 11.7 Å². The highest BCUT2D eigenvalue weighted by atomic mass is 16.5. The molecule has 2 N–H and O–H groups in total. The van der Waals surface area contributed by atoms with Gasteiger partial charge in [0, 0.05) is 18.5 Å². The molecule has 5 nitrogen and oxygen atoms in total. The zero-order chi connectivity index (χ0) is 11.4. The van der Waals surface area contributed by atoms with E-state index >= 15 is 0 Å². The summed E-state index contributed by atoms with van der Waals surface area (Å²) in [5, 5.41) is 0. The molecule has 0 radical (unpaired) electrons. The Kier molecular flexibility index (Phi) is 3.49. The molecule has 0 saturated carbocycles. The second-order valence-corrected chi connectivity index (χ2v) is 3.16. The molecule has 5 heteroatoms. The van der Waals surface area contributed by atoms with E-state index < -0.39 is 6.04 Å². The lowest BCUT2D eigenvalue weighted by Crippen LogP contribution is -2.22. The highest BCUT2D eigenvalue weighted by Gasteiger charge is 2.17. The minimum Gasteiger partial charge on any atom is -0.467 e. The first-order valence-corrected chi connectivity index (χ1v) is 4.65. The Bertz CT molecular complexity index is 411. The van der Waals surface area contributed by atoms with Crippen LogP contribution in [0.25, 0.3) is 0 Å². The van der Waals surface area contributed by atoms with Crippen molar-refractivity contribution in [2.45, 2.75) is 19.4 Å². The molecule has 1 atom stereocenters. The minimum absolute atomic E-state index is 0.125. The highest BCUT2D eigenvalue weighted by molar-refractivity contribution is 5.74. The third kappa shape index (κ3) is 2.37. The number of nitrogen functional groups attached to an aromatic ring is 1. The van der Waals surface area contributed by atoms with Gasteiger partial charge in [0.2, 0.25) is 5.43 Å². The summed E-state index contributed by atoms with van der Waals surface area (Å²) in [5.41, 5.74) is 5.35. The van der Waals surface area contributed by atoms with E-state index in [1.165, 1.54) is 25.6 Å². The van der Waals surface area contributed by atoms with Crippen molar-refractivity contribution in [3.63, 3.8) is 0 Å².